The van der Waals surface area contributed by atoms with Crippen LogP contribution in [-0.4, -0.2) is 21.7 Å². The van der Waals surface area contributed by atoms with Crippen molar-refractivity contribution in [3.63, 3.8) is 0 Å². The molecule has 5 heteroatoms. The van der Waals surface area contributed by atoms with Gasteiger partial charge in [0.2, 0.25) is 0 Å². The highest BCUT2D eigenvalue weighted by Crippen LogP contribution is 2.31. The van der Waals surface area contributed by atoms with E-state index < -0.39 is 0 Å². The van der Waals surface area contributed by atoms with Crippen LogP contribution in [0.5, 0.6) is 0 Å². The lowest BCUT2D eigenvalue weighted by Gasteiger charge is -2.17. The van der Waals surface area contributed by atoms with Crippen LogP contribution in [0.3, 0.4) is 0 Å². The number of nitrogen functional groups attached to an aromatic ring is 1. The number of nitrogens with two attached hydrogens (primary N) is 1. The highest BCUT2D eigenvalue weighted by atomic mass is 35.5. The van der Waals surface area contributed by atoms with Gasteiger partial charge in [-0.25, -0.2) is 9.97 Å². The van der Waals surface area contributed by atoms with Crippen molar-refractivity contribution in [1.82, 2.24) is 9.97 Å². The smallest absolute Gasteiger partial charge is 0.138 e. The number of halogens is 1. The Morgan fingerprint density at radius 2 is 1.89 bits per heavy atom. The second-order valence-corrected chi connectivity index (χ2v) is 4.89. The number of para-hydroxylation sites is 1. The fourth-order valence-corrected chi connectivity index (χ4v) is 2.27. The van der Waals surface area contributed by atoms with Crippen molar-refractivity contribution in [2.24, 2.45) is 0 Å². The molecule has 19 heavy (non-hydrogen) atoms. The zero-order chi connectivity index (χ0) is 14.0. The molecule has 0 spiro atoms. The van der Waals surface area contributed by atoms with E-state index in [0.717, 1.165) is 17.0 Å². The van der Waals surface area contributed by atoms with E-state index in [9.17, 15) is 5.11 Å². The van der Waals surface area contributed by atoms with Crippen LogP contribution in [-0.2, 0) is 0 Å². The summed E-state index contributed by atoms with van der Waals surface area (Å²) in [4.78, 5) is 8.77. The van der Waals surface area contributed by atoms with Gasteiger partial charge in [-0.15, -0.1) is 0 Å². The zero-order valence-corrected chi connectivity index (χ0v) is 11.6. The maximum Gasteiger partial charge on any atom is 0.138 e. The van der Waals surface area contributed by atoms with Gasteiger partial charge in [0.05, 0.1) is 23.2 Å². The quantitative estimate of drug-likeness (QED) is 0.846. The summed E-state index contributed by atoms with van der Waals surface area (Å²) in [5.74, 6) is 0.200. The van der Waals surface area contributed by atoms with Crippen LogP contribution < -0.4 is 5.73 Å². The molecule has 0 saturated carbocycles. The second kappa shape index (κ2) is 5.55. The molecule has 1 aromatic heterocycles. The maximum atomic E-state index is 9.65. The first-order valence-corrected chi connectivity index (χ1v) is 6.37. The van der Waals surface area contributed by atoms with Gasteiger partial charge in [-0.1, -0.05) is 23.7 Å². The molecule has 100 valence electrons. The molecule has 1 heterocycles. The molecule has 0 saturated heterocycles. The Morgan fingerprint density at radius 1 is 1.26 bits per heavy atom. The Kier molecular flexibility index (Phi) is 4.02. The molecule has 2 rings (SSSR count). The first-order valence-electron chi connectivity index (χ1n) is 6.00. The highest BCUT2D eigenvalue weighted by Gasteiger charge is 2.20. The van der Waals surface area contributed by atoms with E-state index in [1.54, 1.807) is 12.1 Å². The second-order valence-electron chi connectivity index (χ2n) is 4.49. The number of benzene rings is 1. The van der Waals surface area contributed by atoms with Crippen LogP contribution in [0, 0.1) is 13.8 Å². The van der Waals surface area contributed by atoms with Crippen LogP contribution >= 0.6 is 11.6 Å². The summed E-state index contributed by atoms with van der Waals surface area (Å²) in [6, 6.07) is 7.25. The molecule has 0 aliphatic rings. The summed E-state index contributed by atoms with van der Waals surface area (Å²) in [5, 5.41) is 10.1. The van der Waals surface area contributed by atoms with E-state index in [0.29, 0.717) is 16.5 Å². The van der Waals surface area contributed by atoms with Crippen molar-refractivity contribution in [2.75, 3.05) is 12.3 Å². The molecular weight excluding hydrogens is 262 g/mol. The minimum Gasteiger partial charge on any atom is -0.397 e. The average molecular weight is 278 g/mol. The van der Waals surface area contributed by atoms with E-state index >= 15 is 0 Å². The van der Waals surface area contributed by atoms with Crippen molar-refractivity contribution in [1.29, 1.82) is 0 Å². The summed E-state index contributed by atoms with van der Waals surface area (Å²) in [5.41, 5.74) is 8.91. The third-order valence-electron chi connectivity index (χ3n) is 2.96. The van der Waals surface area contributed by atoms with Crippen molar-refractivity contribution >= 4 is 17.3 Å². The van der Waals surface area contributed by atoms with E-state index in [1.165, 1.54) is 0 Å². The number of anilines is 1. The van der Waals surface area contributed by atoms with Crippen molar-refractivity contribution in [3.8, 4) is 0 Å². The standard InChI is InChI=1S/C14H16ClN3O/c1-8-6-9(2)18-14(17-8)11(7-19)10-4-3-5-12(15)13(10)16/h3-6,11,19H,7,16H2,1-2H3. The number of aromatic nitrogens is 2. The topological polar surface area (TPSA) is 72.0 Å². The van der Waals surface area contributed by atoms with Crippen LogP contribution in [0.1, 0.15) is 28.7 Å². The van der Waals surface area contributed by atoms with Crippen LogP contribution in [0.4, 0.5) is 5.69 Å². The Hall–Kier alpha value is -1.65. The maximum absolute atomic E-state index is 9.65. The predicted molar refractivity (Wildman–Crippen MR) is 76.3 cm³/mol. The number of aryl methyl sites for hydroxylation is 2. The number of nitrogens with zero attached hydrogens (tertiary/aromatic N) is 2. The van der Waals surface area contributed by atoms with E-state index in [2.05, 4.69) is 9.97 Å². The van der Waals surface area contributed by atoms with Gasteiger partial charge in [0.1, 0.15) is 5.82 Å². The van der Waals surface area contributed by atoms with Gasteiger partial charge in [0.25, 0.3) is 0 Å². The molecule has 1 atom stereocenters. The SMILES string of the molecule is Cc1cc(C)nc(C(CO)c2cccc(Cl)c2N)n1. The minimum absolute atomic E-state index is 0.118. The number of hydrogen-bond donors (Lipinski definition) is 2. The fourth-order valence-electron chi connectivity index (χ4n) is 2.09. The van der Waals surface area contributed by atoms with Gasteiger partial charge in [0, 0.05) is 11.4 Å². The molecule has 2 aromatic rings. The van der Waals surface area contributed by atoms with E-state index in [4.69, 9.17) is 17.3 Å². The summed E-state index contributed by atoms with van der Waals surface area (Å²) >= 11 is 6.02. The fraction of sp³-hybridized carbons (Fsp3) is 0.286. The molecule has 0 aliphatic heterocycles. The normalized spacial score (nSPS) is 12.4. The lowest BCUT2D eigenvalue weighted by atomic mass is 9.97. The Morgan fingerprint density at radius 3 is 2.47 bits per heavy atom. The number of aliphatic hydroxyl groups excluding tert-OH is 1. The highest BCUT2D eigenvalue weighted by molar-refractivity contribution is 6.33. The molecule has 4 nitrogen and oxygen atoms in total. The third-order valence-corrected chi connectivity index (χ3v) is 3.29. The molecule has 0 fully saturated rings. The van der Waals surface area contributed by atoms with Gasteiger partial charge in [-0.3, -0.25) is 0 Å². The van der Waals surface area contributed by atoms with Crippen LogP contribution in [0.2, 0.25) is 5.02 Å². The predicted octanol–water partition coefficient (Wildman–Crippen LogP) is 2.45. The average Bonchev–Trinajstić information content (AvgIpc) is 2.34. The molecule has 0 amide bonds. The van der Waals surface area contributed by atoms with Gasteiger partial charge < -0.3 is 10.8 Å². The lowest BCUT2D eigenvalue weighted by molar-refractivity contribution is 0.276. The van der Waals surface area contributed by atoms with E-state index in [1.807, 2.05) is 26.0 Å². The van der Waals surface area contributed by atoms with Crippen molar-refractivity contribution in [2.45, 2.75) is 19.8 Å². The number of rotatable bonds is 3. The first kappa shape index (κ1) is 13.8. The van der Waals surface area contributed by atoms with Gasteiger partial charge in [0.15, 0.2) is 0 Å². The van der Waals surface area contributed by atoms with Gasteiger partial charge in [-0.2, -0.15) is 0 Å². The summed E-state index contributed by atoms with van der Waals surface area (Å²) in [6.45, 7) is 3.68. The summed E-state index contributed by atoms with van der Waals surface area (Å²) in [7, 11) is 0. The lowest BCUT2D eigenvalue weighted by Crippen LogP contribution is -2.13. The monoisotopic (exact) mass is 277 g/mol. The molecular formula is C14H16ClN3O. The van der Waals surface area contributed by atoms with Crippen LogP contribution in [0.15, 0.2) is 24.3 Å². The number of hydrogen-bond acceptors (Lipinski definition) is 4. The summed E-state index contributed by atoms with van der Waals surface area (Å²) in [6.07, 6.45) is 0. The molecule has 3 N–H and O–H groups in total. The Labute approximate surface area is 117 Å². The van der Waals surface area contributed by atoms with Crippen molar-refractivity contribution < 1.29 is 5.11 Å². The Balaban J connectivity index is 2.53. The molecule has 1 aromatic carbocycles. The zero-order valence-electron chi connectivity index (χ0n) is 10.9. The molecule has 0 bridgehead atoms. The molecule has 0 aliphatic carbocycles. The van der Waals surface area contributed by atoms with Gasteiger partial charge >= 0.3 is 0 Å². The third kappa shape index (κ3) is 2.85. The van der Waals surface area contributed by atoms with Gasteiger partial charge in [-0.05, 0) is 31.5 Å². The number of aliphatic hydroxyl groups is 1. The van der Waals surface area contributed by atoms with Crippen molar-refractivity contribution in [3.05, 3.63) is 52.1 Å². The minimum atomic E-state index is -0.364. The first-order chi connectivity index (χ1) is 9.02. The Bertz CT molecular complexity index is 581. The molecule has 0 radical (unpaired) electrons. The summed E-state index contributed by atoms with van der Waals surface area (Å²) < 4.78 is 0. The largest absolute Gasteiger partial charge is 0.397 e. The van der Waals surface area contributed by atoms with E-state index in [-0.39, 0.29) is 12.5 Å². The van der Waals surface area contributed by atoms with Crippen LogP contribution in [0.25, 0.3) is 0 Å². The molecule has 1 unspecified atom stereocenters.